The van der Waals surface area contributed by atoms with Crippen LogP contribution in [0.4, 0.5) is 0 Å². The molecule has 3 rings (SSSR count). The second-order valence-corrected chi connectivity index (χ2v) is 11.3. The van der Waals surface area contributed by atoms with E-state index in [0.717, 1.165) is 29.9 Å². The minimum Gasteiger partial charge on any atom is -0.393 e. The van der Waals surface area contributed by atoms with Gasteiger partial charge in [0.1, 0.15) is 0 Å². The topological polar surface area (TPSA) is 60.7 Å². The summed E-state index contributed by atoms with van der Waals surface area (Å²) in [6.45, 7) is 12.8. The van der Waals surface area contributed by atoms with Gasteiger partial charge in [0.05, 0.1) is 17.8 Å². The van der Waals surface area contributed by atoms with Crippen LogP contribution in [0.15, 0.2) is 35.5 Å². The van der Waals surface area contributed by atoms with Gasteiger partial charge in [-0.15, -0.1) is 0 Å². The van der Waals surface area contributed by atoms with Crippen LogP contribution in [-0.4, -0.2) is 33.1 Å². The minimum atomic E-state index is -0.615. The van der Waals surface area contributed by atoms with Crippen LogP contribution in [0.1, 0.15) is 91.9 Å². The predicted molar refractivity (Wildman–Crippen MR) is 124 cm³/mol. The van der Waals surface area contributed by atoms with Crippen molar-refractivity contribution in [2.45, 2.75) is 110 Å². The smallest absolute Gasteiger partial charge is 0.0811 e. The molecule has 6 atom stereocenters. The molecule has 3 saturated carbocycles. The molecule has 170 valence electrons. The molecule has 0 amide bonds. The molecule has 3 nitrogen and oxygen atoms in total. The fourth-order valence-electron chi connectivity index (χ4n) is 6.74. The van der Waals surface area contributed by atoms with E-state index in [-0.39, 0.29) is 0 Å². The average molecular weight is 417 g/mol. The summed E-state index contributed by atoms with van der Waals surface area (Å²) in [5, 5.41) is 30.2. The van der Waals surface area contributed by atoms with Crippen LogP contribution in [0.5, 0.6) is 0 Å². The number of rotatable bonds is 6. The van der Waals surface area contributed by atoms with Crippen molar-refractivity contribution in [3.8, 4) is 0 Å². The Bertz CT molecular complexity index is 683. The van der Waals surface area contributed by atoms with E-state index < -0.39 is 17.8 Å². The van der Waals surface area contributed by atoms with Crippen molar-refractivity contribution in [1.82, 2.24) is 0 Å². The first-order valence-electron chi connectivity index (χ1n) is 12.2. The summed E-state index contributed by atoms with van der Waals surface area (Å²) in [5.41, 5.74) is 3.17. The molecule has 3 aliphatic carbocycles. The van der Waals surface area contributed by atoms with Crippen molar-refractivity contribution in [3.63, 3.8) is 0 Å². The van der Waals surface area contributed by atoms with Gasteiger partial charge in [-0.3, -0.25) is 0 Å². The lowest BCUT2D eigenvalue weighted by atomic mass is 9.60. The van der Waals surface area contributed by atoms with Gasteiger partial charge >= 0.3 is 0 Å². The van der Waals surface area contributed by atoms with E-state index in [1.165, 1.54) is 38.5 Å². The largest absolute Gasteiger partial charge is 0.393 e. The molecule has 30 heavy (non-hydrogen) atoms. The first-order valence-corrected chi connectivity index (χ1v) is 12.2. The second-order valence-electron chi connectivity index (χ2n) is 11.3. The Hall–Kier alpha value is -0.900. The van der Waals surface area contributed by atoms with Gasteiger partial charge in [-0.25, -0.2) is 0 Å². The van der Waals surface area contributed by atoms with E-state index in [0.29, 0.717) is 30.1 Å². The standard InChI is InChI=1S/C27H44O3/c1-18(8-6-14-26(3,4)30)23-12-13-24-20(9-7-15-27(23,24)5)10-11-21-16-22(28)17-25(29)19(21)2/h10-11,18,22-25,28-30H,2,6-9,12-17H2,1,3-5H3/b20-10+,21-11-/t18-,22-,23-,24+,25?,27-/m1/s1. The zero-order valence-electron chi connectivity index (χ0n) is 19.7. The predicted octanol–water partition coefficient (Wildman–Crippen LogP) is 5.70. The second kappa shape index (κ2) is 9.30. The van der Waals surface area contributed by atoms with Crippen LogP contribution in [0.25, 0.3) is 0 Å². The summed E-state index contributed by atoms with van der Waals surface area (Å²) in [5.74, 6) is 2.11. The van der Waals surface area contributed by atoms with Crippen LogP contribution in [0.2, 0.25) is 0 Å². The summed E-state index contributed by atoms with van der Waals surface area (Å²) in [7, 11) is 0. The average Bonchev–Trinajstić information content (AvgIpc) is 3.00. The molecule has 3 fully saturated rings. The fourth-order valence-corrected chi connectivity index (χ4v) is 6.74. The molecule has 3 heteroatoms. The summed E-state index contributed by atoms with van der Waals surface area (Å²) in [6, 6.07) is 0. The third-order valence-corrected chi connectivity index (χ3v) is 8.44. The third kappa shape index (κ3) is 5.29. The maximum atomic E-state index is 10.1. The molecule has 3 N–H and O–H groups in total. The zero-order chi connectivity index (χ0) is 22.1. The monoisotopic (exact) mass is 416 g/mol. The summed E-state index contributed by atoms with van der Waals surface area (Å²) in [6.07, 6.45) is 13.9. The molecule has 0 bridgehead atoms. The quantitative estimate of drug-likeness (QED) is 0.520. The molecular formula is C27H44O3. The highest BCUT2D eigenvalue weighted by atomic mass is 16.3. The van der Waals surface area contributed by atoms with E-state index in [1.807, 2.05) is 13.8 Å². The number of aliphatic hydroxyl groups excluding tert-OH is 2. The summed E-state index contributed by atoms with van der Waals surface area (Å²) >= 11 is 0. The van der Waals surface area contributed by atoms with Gasteiger partial charge in [-0.1, -0.05) is 51.0 Å². The number of allylic oxidation sites excluding steroid dienone is 3. The van der Waals surface area contributed by atoms with Crippen molar-refractivity contribution in [1.29, 1.82) is 0 Å². The van der Waals surface area contributed by atoms with Crippen molar-refractivity contribution in [3.05, 3.63) is 35.5 Å². The lowest BCUT2D eigenvalue weighted by Crippen LogP contribution is -2.36. The van der Waals surface area contributed by atoms with Crippen LogP contribution < -0.4 is 0 Å². The molecule has 0 radical (unpaired) electrons. The Morgan fingerprint density at radius 1 is 1.23 bits per heavy atom. The number of fused-ring (bicyclic) bond motifs is 1. The number of hydrogen-bond donors (Lipinski definition) is 3. The lowest BCUT2D eigenvalue weighted by Gasteiger charge is -2.44. The van der Waals surface area contributed by atoms with Gasteiger partial charge < -0.3 is 15.3 Å². The number of aliphatic hydroxyl groups is 3. The highest BCUT2D eigenvalue weighted by molar-refractivity contribution is 5.38. The Kier molecular flexibility index (Phi) is 7.37. The molecule has 0 heterocycles. The van der Waals surface area contributed by atoms with Crippen LogP contribution in [0, 0.1) is 23.2 Å². The van der Waals surface area contributed by atoms with Crippen LogP contribution >= 0.6 is 0 Å². The van der Waals surface area contributed by atoms with Crippen LogP contribution in [0.3, 0.4) is 0 Å². The molecule has 0 aromatic carbocycles. The molecule has 0 saturated heterocycles. The van der Waals surface area contributed by atoms with Gasteiger partial charge in [-0.05, 0) is 93.1 Å². The number of hydrogen-bond acceptors (Lipinski definition) is 3. The van der Waals surface area contributed by atoms with E-state index in [4.69, 9.17) is 0 Å². The third-order valence-electron chi connectivity index (χ3n) is 8.44. The van der Waals surface area contributed by atoms with Crippen molar-refractivity contribution >= 4 is 0 Å². The first kappa shape index (κ1) is 23.8. The van der Waals surface area contributed by atoms with Crippen molar-refractivity contribution in [2.75, 3.05) is 0 Å². The lowest BCUT2D eigenvalue weighted by molar-refractivity contribution is 0.0596. The van der Waals surface area contributed by atoms with Crippen molar-refractivity contribution in [2.24, 2.45) is 23.2 Å². The SMILES string of the molecule is C=C1/C(=C\C=C2/CCC[C@]3(C)[C@@H]([C@H](C)CCCC(C)(C)O)CC[C@@H]23)C[C@@H](O)CC1O. The normalized spacial score (nSPS) is 38.8. The van der Waals surface area contributed by atoms with Gasteiger partial charge in [-0.2, -0.15) is 0 Å². The van der Waals surface area contributed by atoms with E-state index in [2.05, 4.69) is 32.6 Å². The maximum absolute atomic E-state index is 10.1. The first-order chi connectivity index (χ1) is 14.0. The minimum absolute atomic E-state index is 0.374. The molecule has 0 spiro atoms. The Labute approximate surface area is 184 Å². The van der Waals surface area contributed by atoms with E-state index in [9.17, 15) is 15.3 Å². The molecular weight excluding hydrogens is 372 g/mol. The van der Waals surface area contributed by atoms with Gasteiger partial charge in [0.25, 0.3) is 0 Å². The fraction of sp³-hybridized carbons (Fsp3) is 0.778. The molecule has 3 aliphatic rings. The van der Waals surface area contributed by atoms with Gasteiger partial charge in [0, 0.05) is 6.42 Å². The summed E-state index contributed by atoms with van der Waals surface area (Å²) < 4.78 is 0. The highest BCUT2D eigenvalue weighted by Crippen LogP contribution is 2.60. The molecule has 0 aromatic rings. The Morgan fingerprint density at radius 3 is 2.67 bits per heavy atom. The van der Waals surface area contributed by atoms with E-state index >= 15 is 0 Å². The van der Waals surface area contributed by atoms with E-state index in [1.54, 1.807) is 5.57 Å². The van der Waals surface area contributed by atoms with Gasteiger partial charge in [0.15, 0.2) is 0 Å². The zero-order valence-corrected chi connectivity index (χ0v) is 19.7. The molecule has 0 aliphatic heterocycles. The maximum Gasteiger partial charge on any atom is 0.0811 e. The Balaban J connectivity index is 1.70. The highest BCUT2D eigenvalue weighted by Gasteiger charge is 2.50. The molecule has 0 aromatic heterocycles. The Morgan fingerprint density at radius 2 is 1.97 bits per heavy atom. The summed E-state index contributed by atoms with van der Waals surface area (Å²) in [4.78, 5) is 0. The van der Waals surface area contributed by atoms with Gasteiger partial charge in [0.2, 0.25) is 0 Å². The molecule has 1 unspecified atom stereocenters. The van der Waals surface area contributed by atoms with Crippen molar-refractivity contribution < 1.29 is 15.3 Å². The van der Waals surface area contributed by atoms with Crippen LogP contribution in [-0.2, 0) is 0 Å².